The number of hydrogen-bond donors (Lipinski definition) is 1. The minimum atomic E-state index is -0.0738. The van der Waals surface area contributed by atoms with Crippen molar-refractivity contribution in [1.82, 2.24) is 5.43 Å². The van der Waals surface area contributed by atoms with Crippen molar-refractivity contribution >= 4 is 23.0 Å². The van der Waals surface area contributed by atoms with E-state index in [1.165, 1.54) is 23.4 Å². The lowest BCUT2D eigenvalue weighted by molar-refractivity contribution is 0.0954. The number of carbonyl (C=O) groups excluding carboxylic acids is 1. The van der Waals surface area contributed by atoms with E-state index in [1.54, 1.807) is 11.3 Å². The molecular formula is C18H26N2OS. The maximum Gasteiger partial charge on any atom is 0.272 e. The van der Waals surface area contributed by atoms with Crippen LogP contribution in [0.25, 0.3) is 0 Å². The third-order valence-electron chi connectivity index (χ3n) is 6.22. The second-order valence-corrected chi connectivity index (χ2v) is 8.54. The Hall–Kier alpha value is -1.16. The lowest BCUT2D eigenvalue weighted by Gasteiger charge is -2.34. The maximum absolute atomic E-state index is 12.3. The summed E-state index contributed by atoms with van der Waals surface area (Å²) in [5, 5.41) is 6.46. The summed E-state index contributed by atoms with van der Waals surface area (Å²) < 4.78 is 0. The van der Waals surface area contributed by atoms with Gasteiger partial charge in [0.25, 0.3) is 5.91 Å². The molecular weight excluding hydrogens is 292 g/mol. The second-order valence-electron chi connectivity index (χ2n) is 7.54. The quantitative estimate of drug-likeness (QED) is 0.808. The third kappa shape index (κ3) is 2.32. The van der Waals surface area contributed by atoms with Gasteiger partial charge in [-0.2, -0.15) is 5.10 Å². The van der Waals surface area contributed by atoms with E-state index in [0.717, 1.165) is 24.8 Å². The molecule has 0 aromatic carbocycles. The van der Waals surface area contributed by atoms with E-state index in [4.69, 9.17) is 0 Å². The molecule has 2 atom stereocenters. The van der Waals surface area contributed by atoms with Crippen LogP contribution in [0.5, 0.6) is 0 Å². The highest BCUT2D eigenvalue weighted by atomic mass is 32.1. The van der Waals surface area contributed by atoms with Crippen molar-refractivity contribution in [2.24, 2.45) is 21.8 Å². The predicted octanol–water partition coefficient (Wildman–Crippen LogP) is 4.63. The number of nitrogens with one attached hydrogen (secondary N) is 1. The van der Waals surface area contributed by atoms with Gasteiger partial charge in [-0.05, 0) is 43.1 Å². The molecule has 0 radical (unpaired) electrons. The van der Waals surface area contributed by atoms with E-state index in [2.05, 4.69) is 38.2 Å². The molecule has 0 unspecified atom stereocenters. The molecule has 2 aliphatic carbocycles. The summed E-state index contributed by atoms with van der Waals surface area (Å²) in [6.07, 6.45) is 5.67. The Balaban J connectivity index is 1.70. The topological polar surface area (TPSA) is 41.5 Å². The molecule has 2 saturated carbocycles. The molecule has 4 heteroatoms. The minimum Gasteiger partial charge on any atom is -0.267 e. The number of aryl methyl sites for hydroxylation is 1. The molecule has 2 aliphatic rings. The fourth-order valence-corrected chi connectivity index (χ4v) is 5.13. The van der Waals surface area contributed by atoms with Gasteiger partial charge in [0.15, 0.2) is 0 Å². The van der Waals surface area contributed by atoms with Crippen LogP contribution in [0, 0.1) is 16.7 Å². The first-order valence-corrected chi connectivity index (χ1v) is 9.21. The maximum atomic E-state index is 12.3. The largest absolute Gasteiger partial charge is 0.272 e. The standard InChI is InChI=1S/C18H26N2OS/c1-5-6-14-9-12(11-22-14)16(21)20-19-15-10-13-7-8-18(15,4)17(13,2)3/h9,11,13H,5-8,10H2,1-4H3,(H,20,21)/b19-15-/t13-,18+/m1/s1. The molecule has 120 valence electrons. The Bertz CT molecular complexity index is 616. The smallest absolute Gasteiger partial charge is 0.267 e. The summed E-state index contributed by atoms with van der Waals surface area (Å²) in [6.45, 7) is 9.17. The number of rotatable bonds is 4. The van der Waals surface area contributed by atoms with Gasteiger partial charge in [0.2, 0.25) is 0 Å². The number of hydrogen-bond acceptors (Lipinski definition) is 3. The van der Waals surface area contributed by atoms with Gasteiger partial charge in [0.05, 0.1) is 5.56 Å². The van der Waals surface area contributed by atoms with Gasteiger partial charge >= 0.3 is 0 Å². The Morgan fingerprint density at radius 2 is 2.23 bits per heavy atom. The number of nitrogens with zero attached hydrogens (tertiary/aromatic N) is 1. The number of amides is 1. The van der Waals surface area contributed by atoms with Gasteiger partial charge in [-0.1, -0.05) is 34.1 Å². The fourth-order valence-electron chi connectivity index (χ4n) is 4.16. The first-order valence-electron chi connectivity index (χ1n) is 8.33. The Morgan fingerprint density at radius 1 is 1.45 bits per heavy atom. The summed E-state index contributed by atoms with van der Waals surface area (Å²) in [5.41, 5.74) is 5.17. The van der Waals surface area contributed by atoms with Crippen LogP contribution in [0.1, 0.15) is 68.6 Å². The molecule has 1 heterocycles. The highest BCUT2D eigenvalue weighted by Gasteiger charge is 2.59. The Labute approximate surface area is 137 Å². The average molecular weight is 318 g/mol. The van der Waals surface area contributed by atoms with Crippen LogP contribution in [0.3, 0.4) is 0 Å². The van der Waals surface area contributed by atoms with Crippen LogP contribution in [-0.2, 0) is 6.42 Å². The predicted molar refractivity (Wildman–Crippen MR) is 92.4 cm³/mol. The zero-order valence-electron chi connectivity index (χ0n) is 14.0. The Kier molecular flexibility index (Phi) is 3.92. The van der Waals surface area contributed by atoms with Crippen molar-refractivity contribution in [2.45, 2.75) is 59.8 Å². The number of thiophene rings is 1. The minimum absolute atomic E-state index is 0.0738. The lowest BCUT2D eigenvalue weighted by Crippen LogP contribution is -2.34. The molecule has 3 rings (SSSR count). The first kappa shape index (κ1) is 15.7. The molecule has 1 amide bonds. The van der Waals surface area contributed by atoms with E-state index in [-0.39, 0.29) is 11.3 Å². The summed E-state index contributed by atoms with van der Waals surface area (Å²) in [6, 6.07) is 2.00. The third-order valence-corrected chi connectivity index (χ3v) is 7.21. The van der Waals surface area contributed by atoms with E-state index >= 15 is 0 Å². The average Bonchev–Trinajstić information content (AvgIpc) is 3.07. The fraction of sp³-hybridized carbons (Fsp3) is 0.667. The van der Waals surface area contributed by atoms with Crippen molar-refractivity contribution < 1.29 is 4.79 Å². The molecule has 3 nitrogen and oxygen atoms in total. The zero-order chi connectivity index (χ0) is 16.0. The molecule has 22 heavy (non-hydrogen) atoms. The summed E-state index contributed by atoms with van der Waals surface area (Å²) >= 11 is 1.66. The van der Waals surface area contributed by atoms with Gasteiger partial charge in [-0.3, -0.25) is 4.79 Å². The normalized spacial score (nSPS) is 30.9. The highest BCUT2D eigenvalue weighted by Crippen LogP contribution is 2.63. The van der Waals surface area contributed by atoms with E-state index < -0.39 is 0 Å². The van der Waals surface area contributed by atoms with E-state index in [9.17, 15) is 4.79 Å². The molecule has 2 fully saturated rings. The molecule has 0 saturated heterocycles. The van der Waals surface area contributed by atoms with Gasteiger partial charge in [-0.25, -0.2) is 5.43 Å². The molecule has 1 aromatic heterocycles. The van der Waals surface area contributed by atoms with Gasteiger partial charge in [0, 0.05) is 21.4 Å². The SMILES string of the molecule is CCCc1cc(C(=O)N/N=C2/C[C@H]3CC[C@]2(C)C3(C)C)cs1. The van der Waals surface area contributed by atoms with Crippen molar-refractivity contribution in [1.29, 1.82) is 0 Å². The number of fused-ring (bicyclic) bond motifs is 2. The van der Waals surface area contributed by atoms with Crippen LogP contribution in [0.2, 0.25) is 0 Å². The molecule has 2 bridgehead atoms. The Morgan fingerprint density at radius 3 is 2.82 bits per heavy atom. The number of hydrazone groups is 1. The summed E-state index contributed by atoms with van der Waals surface area (Å²) in [4.78, 5) is 13.6. The van der Waals surface area contributed by atoms with Gasteiger partial charge in [-0.15, -0.1) is 11.3 Å². The first-order chi connectivity index (χ1) is 10.4. The van der Waals surface area contributed by atoms with Crippen molar-refractivity contribution in [3.05, 3.63) is 21.9 Å². The van der Waals surface area contributed by atoms with Crippen LogP contribution in [0.15, 0.2) is 16.5 Å². The van der Waals surface area contributed by atoms with E-state index in [1.807, 2.05) is 11.4 Å². The van der Waals surface area contributed by atoms with Gasteiger partial charge in [0.1, 0.15) is 0 Å². The highest BCUT2D eigenvalue weighted by molar-refractivity contribution is 7.10. The summed E-state index contributed by atoms with van der Waals surface area (Å²) in [7, 11) is 0. The van der Waals surface area contributed by atoms with E-state index in [0.29, 0.717) is 11.3 Å². The van der Waals surface area contributed by atoms with Crippen molar-refractivity contribution in [3.63, 3.8) is 0 Å². The van der Waals surface area contributed by atoms with Crippen LogP contribution in [-0.4, -0.2) is 11.6 Å². The number of carbonyl (C=O) groups is 1. The van der Waals surface area contributed by atoms with Crippen LogP contribution in [0.4, 0.5) is 0 Å². The van der Waals surface area contributed by atoms with Crippen molar-refractivity contribution in [3.8, 4) is 0 Å². The molecule has 1 aromatic rings. The second kappa shape index (κ2) is 5.48. The van der Waals surface area contributed by atoms with Crippen LogP contribution < -0.4 is 5.43 Å². The molecule has 0 aliphatic heterocycles. The summed E-state index contributed by atoms with van der Waals surface area (Å²) in [5.74, 6) is 0.640. The van der Waals surface area contributed by atoms with Crippen molar-refractivity contribution in [2.75, 3.05) is 0 Å². The monoisotopic (exact) mass is 318 g/mol. The lowest BCUT2D eigenvalue weighted by atomic mass is 9.70. The van der Waals surface area contributed by atoms with Crippen LogP contribution >= 0.6 is 11.3 Å². The van der Waals surface area contributed by atoms with Gasteiger partial charge < -0.3 is 0 Å². The molecule has 1 N–H and O–H groups in total. The molecule has 0 spiro atoms. The zero-order valence-corrected chi connectivity index (χ0v) is 14.8.